The Balaban J connectivity index is 1.60. The number of nitrogens with zero attached hydrogens (tertiary/aromatic N) is 3. The van der Waals surface area contributed by atoms with E-state index in [0.29, 0.717) is 31.8 Å². The lowest BCUT2D eigenvalue weighted by molar-refractivity contribution is -0.134. The second-order valence-corrected chi connectivity index (χ2v) is 10.4. The normalized spacial score (nSPS) is 20.8. The molecule has 1 aliphatic heterocycles. The van der Waals surface area contributed by atoms with Gasteiger partial charge >= 0.3 is 0 Å². The molecular formula is C28H40N4O3. The minimum absolute atomic E-state index is 0.0856. The molecule has 190 valence electrons. The number of fused-ring (bicyclic) bond motifs is 1. The highest BCUT2D eigenvalue weighted by molar-refractivity contribution is 6.00. The summed E-state index contributed by atoms with van der Waals surface area (Å²) in [6, 6.07) is 10.3. The Morgan fingerprint density at radius 3 is 2.57 bits per heavy atom. The number of aryl methyl sites for hydroxylation is 1. The number of rotatable bonds is 9. The summed E-state index contributed by atoms with van der Waals surface area (Å²) in [6.45, 7) is 9.37. The molecule has 2 aliphatic rings. The second-order valence-electron chi connectivity index (χ2n) is 10.4. The number of hydrogen-bond donors (Lipinski definition) is 1. The van der Waals surface area contributed by atoms with Gasteiger partial charge in [-0.1, -0.05) is 50.5 Å². The molecule has 1 N–H and O–H groups in total. The number of hydrogen-bond acceptors (Lipinski definition) is 4. The zero-order valence-corrected chi connectivity index (χ0v) is 21.7. The van der Waals surface area contributed by atoms with E-state index in [1.165, 1.54) is 12.0 Å². The Morgan fingerprint density at radius 2 is 1.91 bits per heavy atom. The molecule has 4 rings (SSSR count). The summed E-state index contributed by atoms with van der Waals surface area (Å²) in [5, 5.41) is 8.04. The van der Waals surface area contributed by atoms with Crippen LogP contribution in [-0.4, -0.2) is 57.3 Å². The average molecular weight is 481 g/mol. The molecule has 1 saturated carbocycles. The summed E-state index contributed by atoms with van der Waals surface area (Å²) in [7, 11) is 0. The van der Waals surface area contributed by atoms with Crippen LogP contribution in [0.2, 0.25) is 0 Å². The van der Waals surface area contributed by atoms with Gasteiger partial charge in [0.05, 0.1) is 18.3 Å². The van der Waals surface area contributed by atoms with Gasteiger partial charge in [-0.05, 0) is 58.1 Å². The average Bonchev–Trinajstić information content (AvgIpc) is 3.28. The van der Waals surface area contributed by atoms with Gasteiger partial charge in [-0.2, -0.15) is 5.10 Å². The van der Waals surface area contributed by atoms with Crippen molar-refractivity contribution in [1.29, 1.82) is 0 Å². The van der Waals surface area contributed by atoms with E-state index in [-0.39, 0.29) is 24.0 Å². The highest BCUT2D eigenvalue weighted by atomic mass is 16.5. The summed E-state index contributed by atoms with van der Waals surface area (Å²) in [5.74, 6) is -0.233. The number of carbonyl (C=O) groups excluding carboxylic acids is 2. The molecule has 0 saturated heterocycles. The zero-order chi connectivity index (χ0) is 25.0. The first-order chi connectivity index (χ1) is 16.8. The maximum atomic E-state index is 13.7. The van der Waals surface area contributed by atoms with Crippen LogP contribution in [0.25, 0.3) is 11.3 Å². The van der Waals surface area contributed by atoms with E-state index < -0.39 is 5.54 Å². The van der Waals surface area contributed by atoms with Crippen LogP contribution in [0.5, 0.6) is 0 Å². The van der Waals surface area contributed by atoms with Crippen molar-refractivity contribution in [2.75, 3.05) is 13.2 Å². The molecule has 1 atom stereocenters. The Labute approximate surface area is 209 Å². The van der Waals surface area contributed by atoms with E-state index in [1.54, 1.807) is 9.58 Å². The van der Waals surface area contributed by atoms with E-state index in [0.717, 1.165) is 43.4 Å². The Kier molecular flexibility index (Phi) is 7.95. The fraction of sp³-hybridized carbons (Fsp3) is 0.607. The number of amides is 2. The SMILES string of the molecule is CCc1ccc(-c2cc3n(n2)CC(C)(C(=O)NC2CCCCC2)N(CCCOC(C)C)C3=O)cc1. The van der Waals surface area contributed by atoms with E-state index in [2.05, 4.69) is 24.4 Å². The van der Waals surface area contributed by atoms with Crippen LogP contribution >= 0.6 is 0 Å². The lowest BCUT2D eigenvalue weighted by Crippen LogP contribution is -2.65. The van der Waals surface area contributed by atoms with Gasteiger partial charge in [0.1, 0.15) is 11.2 Å². The van der Waals surface area contributed by atoms with Gasteiger partial charge in [-0.15, -0.1) is 0 Å². The van der Waals surface area contributed by atoms with Gasteiger partial charge in [0, 0.05) is 24.8 Å². The number of ether oxygens (including phenoxy) is 1. The third-order valence-corrected chi connectivity index (χ3v) is 7.36. The van der Waals surface area contributed by atoms with Crippen LogP contribution in [-0.2, 0) is 22.5 Å². The van der Waals surface area contributed by atoms with Crippen molar-refractivity contribution < 1.29 is 14.3 Å². The molecule has 2 amide bonds. The topological polar surface area (TPSA) is 76.5 Å². The van der Waals surface area contributed by atoms with Crippen molar-refractivity contribution >= 4 is 11.8 Å². The summed E-state index contributed by atoms with van der Waals surface area (Å²) in [6.07, 6.45) is 7.30. The van der Waals surface area contributed by atoms with Gasteiger partial charge in [0.2, 0.25) is 5.91 Å². The molecule has 1 aromatic carbocycles. The van der Waals surface area contributed by atoms with E-state index in [1.807, 2.05) is 39.0 Å². The van der Waals surface area contributed by atoms with E-state index in [4.69, 9.17) is 9.84 Å². The molecule has 1 aromatic heterocycles. The molecule has 0 bridgehead atoms. The van der Waals surface area contributed by atoms with Gasteiger partial charge < -0.3 is 15.0 Å². The molecule has 2 heterocycles. The largest absolute Gasteiger partial charge is 0.379 e. The van der Waals surface area contributed by atoms with Gasteiger partial charge in [-0.3, -0.25) is 14.3 Å². The summed E-state index contributed by atoms with van der Waals surface area (Å²) in [4.78, 5) is 29.2. The lowest BCUT2D eigenvalue weighted by atomic mass is 9.91. The third-order valence-electron chi connectivity index (χ3n) is 7.36. The highest BCUT2D eigenvalue weighted by Crippen LogP contribution is 2.31. The fourth-order valence-electron chi connectivity index (χ4n) is 5.17. The zero-order valence-electron chi connectivity index (χ0n) is 21.7. The molecule has 1 fully saturated rings. The third kappa shape index (κ3) is 5.61. The number of benzene rings is 1. The molecule has 7 nitrogen and oxygen atoms in total. The maximum Gasteiger partial charge on any atom is 0.273 e. The maximum absolute atomic E-state index is 13.7. The molecule has 2 aromatic rings. The van der Waals surface area contributed by atoms with Crippen LogP contribution in [0.1, 0.15) is 82.3 Å². The Morgan fingerprint density at radius 1 is 1.20 bits per heavy atom. The van der Waals surface area contributed by atoms with Gasteiger partial charge in [0.15, 0.2) is 0 Å². The molecule has 0 spiro atoms. The summed E-state index contributed by atoms with van der Waals surface area (Å²) >= 11 is 0. The standard InChI is InChI=1S/C28H40N4O3/c1-5-21-12-14-22(15-13-21)24-18-25-26(33)31(16-9-17-35-20(2)3)28(4,19-32(25)30-24)27(34)29-23-10-7-6-8-11-23/h12-15,18,20,23H,5-11,16-17,19H2,1-4H3,(H,29,34). The lowest BCUT2D eigenvalue weighted by Gasteiger charge is -2.44. The molecule has 35 heavy (non-hydrogen) atoms. The first-order valence-electron chi connectivity index (χ1n) is 13.2. The summed E-state index contributed by atoms with van der Waals surface area (Å²) in [5.41, 5.74) is 2.52. The highest BCUT2D eigenvalue weighted by Gasteiger charge is 2.48. The number of aromatic nitrogens is 2. The first kappa shape index (κ1) is 25.4. The van der Waals surface area contributed by atoms with Crippen molar-refractivity contribution in [2.24, 2.45) is 0 Å². The van der Waals surface area contributed by atoms with Crippen LogP contribution in [0, 0.1) is 0 Å². The smallest absolute Gasteiger partial charge is 0.273 e. The first-order valence-corrected chi connectivity index (χ1v) is 13.2. The van der Waals surface area contributed by atoms with Crippen molar-refractivity contribution in [3.05, 3.63) is 41.6 Å². The van der Waals surface area contributed by atoms with Crippen molar-refractivity contribution in [3.63, 3.8) is 0 Å². The molecule has 1 unspecified atom stereocenters. The molecule has 0 radical (unpaired) electrons. The van der Waals surface area contributed by atoms with Crippen LogP contribution in [0.15, 0.2) is 30.3 Å². The predicted octanol–water partition coefficient (Wildman–Crippen LogP) is 4.59. The number of carbonyl (C=O) groups is 2. The molecular weight excluding hydrogens is 440 g/mol. The number of nitrogens with one attached hydrogen (secondary N) is 1. The van der Waals surface area contributed by atoms with Gasteiger partial charge in [0.25, 0.3) is 5.91 Å². The molecule has 7 heteroatoms. The Hall–Kier alpha value is -2.67. The van der Waals surface area contributed by atoms with Crippen molar-refractivity contribution in [1.82, 2.24) is 20.0 Å². The second kappa shape index (κ2) is 10.9. The summed E-state index contributed by atoms with van der Waals surface area (Å²) < 4.78 is 7.44. The quantitative estimate of drug-likeness (QED) is 0.533. The minimum atomic E-state index is -1.01. The molecule has 1 aliphatic carbocycles. The minimum Gasteiger partial charge on any atom is -0.379 e. The predicted molar refractivity (Wildman–Crippen MR) is 137 cm³/mol. The van der Waals surface area contributed by atoms with Crippen molar-refractivity contribution in [3.8, 4) is 11.3 Å². The van der Waals surface area contributed by atoms with Crippen LogP contribution in [0.4, 0.5) is 0 Å². The monoisotopic (exact) mass is 480 g/mol. The van der Waals surface area contributed by atoms with Crippen LogP contribution < -0.4 is 5.32 Å². The Bertz CT molecular complexity index is 1020. The fourth-order valence-corrected chi connectivity index (χ4v) is 5.17. The van der Waals surface area contributed by atoms with E-state index >= 15 is 0 Å². The van der Waals surface area contributed by atoms with Crippen molar-refractivity contribution in [2.45, 2.75) is 96.9 Å². The van der Waals surface area contributed by atoms with E-state index in [9.17, 15) is 9.59 Å². The van der Waals surface area contributed by atoms with Gasteiger partial charge in [-0.25, -0.2) is 0 Å². The van der Waals surface area contributed by atoms with Crippen LogP contribution in [0.3, 0.4) is 0 Å².